The molecule has 0 radical (unpaired) electrons. The molecule has 0 heterocycles. The summed E-state index contributed by atoms with van der Waals surface area (Å²) in [6.45, 7) is 8.00. The molecule has 0 unspecified atom stereocenters. The fourth-order valence-corrected chi connectivity index (χ4v) is 0.972. The molecule has 0 saturated heterocycles. The van der Waals surface area contributed by atoms with Gasteiger partial charge in [0.05, 0.1) is 7.11 Å². The van der Waals surface area contributed by atoms with E-state index >= 15 is 0 Å². The summed E-state index contributed by atoms with van der Waals surface area (Å²) in [6, 6.07) is 7.72. The highest BCUT2D eigenvalue weighted by Crippen LogP contribution is 2.16. The van der Waals surface area contributed by atoms with Crippen LogP contribution in [0.5, 0.6) is 5.75 Å². The summed E-state index contributed by atoms with van der Waals surface area (Å²) in [4.78, 5) is 0. The maximum Gasteiger partial charge on any atom is 0.119 e. The van der Waals surface area contributed by atoms with E-state index in [1.54, 1.807) is 7.11 Å². The van der Waals surface area contributed by atoms with Crippen molar-refractivity contribution in [2.75, 3.05) is 7.11 Å². The van der Waals surface area contributed by atoms with E-state index in [0.29, 0.717) is 0 Å². The van der Waals surface area contributed by atoms with Crippen LogP contribution >= 0.6 is 15.9 Å². The van der Waals surface area contributed by atoms with Gasteiger partial charge in [0.25, 0.3) is 0 Å². The first-order valence-electron chi connectivity index (χ1n) is 4.62. The molecule has 1 rings (SSSR count). The molecule has 0 amide bonds. The predicted molar refractivity (Wildman–Crippen MR) is 63.4 cm³/mol. The molecule has 76 valence electrons. The fourth-order valence-electron chi connectivity index (χ4n) is 0.594. The lowest BCUT2D eigenvalue weighted by molar-refractivity contribution is 0.414. The number of halogens is 1. The van der Waals surface area contributed by atoms with E-state index in [9.17, 15) is 0 Å². The number of benzene rings is 1. The average molecular weight is 247 g/mol. The lowest BCUT2D eigenvalue weighted by Gasteiger charge is -1.96. The molecule has 13 heavy (non-hydrogen) atoms. The minimum atomic E-state index is 0.879. The smallest absolute Gasteiger partial charge is 0.119 e. The van der Waals surface area contributed by atoms with Crippen molar-refractivity contribution in [3.8, 4) is 5.75 Å². The average Bonchev–Trinajstić information content (AvgIpc) is 2.24. The summed E-state index contributed by atoms with van der Waals surface area (Å²) < 4.78 is 6.01. The molecule has 0 aliphatic carbocycles. The molecule has 0 fully saturated rings. The molecule has 0 spiro atoms. The van der Waals surface area contributed by atoms with Crippen LogP contribution in [-0.4, -0.2) is 7.11 Å². The first-order valence-corrected chi connectivity index (χ1v) is 5.42. The molecular formula is C11H19BrO. The van der Waals surface area contributed by atoms with Crippen LogP contribution in [0.1, 0.15) is 27.7 Å². The Hall–Kier alpha value is -0.500. The Bertz CT molecular complexity index is 199. The Kier molecular flexibility index (Phi) is 13.3. The molecule has 1 aromatic carbocycles. The zero-order valence-electron chi connectivity index (χ0n) is 9.10. The van der Waals surface area contributed by atoms with Gasteiger partial charge in [-0.15, -0.1) is 0 Å². The van der Waals surface area contributed by atoms with Crippen molar-refractivity contribution in [3.63, 3.8) is 0 Å². The highest BCUT2D eigenvalue weighted by molar-refractivity contribution is 9.10. The first-order chi connectivity index (χ1) is 6.33. The van der Waals surface area contributed by atoms with E-state index in [0.717, 1.165) is 10.2 Å². The van der Waals surface area contributed by atoms with Gasteiger partial charge in [-0.1, -0.05) is 49.7 Å². The van der Waals surface area contributed by atoms with E-state index in [-0.39, 0.29) is 0 Å². The lowest BCUT2D eigenvalue weighted by atomic mass is 10.3. The van der Waals surface area contributed by atoms with Crippen molar-refractivity contribution < 1.29 is 4.74 Å². The van der Waals surface area contributed by atoms with Crippen LogP contribution < -0.4 is 4.74 Å². The van der Waals surface area contributed by atoms with E-state index in [1.807, 2.05) is 52.0 Å². The number of ether oxygens (including phenoxy) is 1. The number of hydrogen-bond acceptors (Lipinski definition) is 1. The zero-order chi connectivity index (χ0) is 10.7. The molecule has 0 aliphatic heterocycles. The van der Waals surface area contributed by atoms with Gasteiger partial charge in [0.2, 0.25) is 0 Å². The second-order valence-electron chi connectivity index (χ2n) is 1.66. The molecule has 1 aromatic rings. The Morgan fingerprint density at radius 2 is 1.62 bits per heavy atom. The van der Waals surface area contributed by atoms with Crippen molar-refractivity contribution in [3.05, 3.63) is 28.7 Å². The minimum absolute atomic E-state index is 0.879. The summed E-state index contributed by atoms with van der Waals surface area (Å²) in [5.74, 6) is 0.879. The van der Waals surface area contributed by atoms with Gasteiger partial charge in [-0.3, -0.25) is 0 Å². The molecular weight excluding hydrogens is 228 g/mol. The summed E-state index contributed by atoms with van der Waals surface area (Å²) in [7, 11) is 1.65. The van der Waals surface area contributed by atoms with Crippen molar-refractivity contribution in [2.24, 2.45) is 0 Å². The molecule has 0 aromatic heterocycles. The summed E-state index contributed by atoms with van der Waals surface area (Å²) in [5, 5.41) is 0. The molecule has 0 aliphatic rings. The van der Waals surface area contributed by atoms with E-state index in [4.69, 9.17) is 4.74 Å². The summed E-state index contributed by atoms with van der Waals surface area (Å²) in [6.07, 6.45) is 0. The summed E-state index contributed by atoms with van der Waals surface area (Å²) >= 11 is 3.32. The highest BCUT2D eigenvalue weighted by Gasteiger charge is 1.88. The molecule has 0 atom stereocenters. The quantitative estimate of drug-likeness (QED) is 0.709. The third kappa shape index (κ3) is 7.85. The molecule has 1 nitrogen and oxygen atoms in total. The Morgan fingerprint density at radius 3 is 1.92 bits per heavy atom. The maximum absolute atomic E-state index is 4.96. The van der Waals surface area contributed by atoms with E-state index in [1.165, 1.54) is 0 Å². The van der Waals surface area contributed by atoms with Crippen LogP contribution in [0.4, 0.5) is 0 Å². The third-order valence-electron chi connectivity index (χ3n) is 1.03. The van der Waals surface area contributed by atoms with Gasteiger partial charge >= 0.3 is 0 Å². The lowest BCUT2D eigenvalue weighted by Crippen LogP contribution is -1.79. The van der Waals surface area contributed by atoms with Gasteiger partial charge in [0.1, 0.15) is 5.75 Å². The van der Waals surface area contributed by atoms with Crippen molar-refractivity contribution >= 4 is 15.9 Å². The van der Waals surface area contributed by atoms with E-state index < -0.39 is 0 Å². The second-order valence-corrected chi connectivity index (χ2v) is 2.58. The van der Waals surface area contributed by atoms with E-state index in [2.05, 4.69) is 15.9 Å². The minimum Gasteiger partial charge on any atom is -0.497 e. The number of rotatable bonds is 1. The Morgan fingerprint density at radius 1 is 1.08 bits per heavy atom. The standard InChI is InChI=1S/C7H7BrO.2C2H6/c1-9-7-4-2-3-6(8)5-7;2*1-2/h2-5H,1H3;2*1-2H3. The van der Waals surface area contributed by atoms with Crippen molar-refractivity contribution in [1.82, 2.24) is 0 Å². The first kappa shape index (κ1) is 15.0. The van der Waals surface area contributed by atoms with Gasteiger partial charge in [-0.05, 0) is 18.2 Å². The van der Waals surface area contributed by atoms with Gasteiger partial charge in [-0.25, -0.2) is 0 Å². The Labute approximate surface area is 90.2 Å². The van der Waals surface area contributed by atoms with Gasteiger partial charge in [0, 0.05) is 4.47 Å². The Balaban J connectivity index is 0. The molecule has 0 N–H and O–H groups in total. The normalized spacial score (nSPS) is 7.23. The monoisotopic (exact) mass is 246 g/mol. The second kappa shape index (κ2) is 11.5. The number of hydrogen-bond donors (Lipinski definition) is 0. The summed E-state index contributed by atoms with van der Waals surface area (Å²) in [5.41, 5.74) is 0. The molecule has 0 saturated carbocycles. The SMILES string of the molecule is CC.CC.COc1cccc(Br)c1. The molecule has 2 heteroatoms. The fraction of sp³-hybridized carbons (Fsp3) is 0.455. The largest absolute Gasteiger partial charge is 0.497 e. The van der Waals surface area contributed by atoms with Gasteiger partial charge < -0.3 is 4.74 Å². The topological polar surface area (TPSA) is 9.23 Å². The maximum atomic E-state index is 4.96. The van der Waals surface area contributed by atoms with Crippen molar-refractivity contribution in [2.45, 2.75) is 27.7 Å². The highest BCUT2D eigenvalue weighted by atomic mass is 79.9. The van der Waals surface area contributed by atoms with Crippen molar-refractivity contribution in [1.29, 1.82) is 0 Å². The zero-order valence-corrected chi connectivity index (χ0v) is 10.7. The van der Waals surface area contributed by atoms with Crippen LogP contribution in [0, 0.1) is 0 Å². The predicted octanol–water partition coefficient (Wildman–Crippen LogP) is 4.51. The van der Waals surface area contributed by atoms with Gasteiger partial charge in [0.15, 0.2) is 0 Å². The van der Waals surface area contributed by atoms with Crippen LogP contribution in [-0.2, 0) is 0 Å². The van der Waals surface area contributed by atoms with Crippen LogP contribution in [0.2, 0.25) is 0 Å². The van der Waals surface area contributed by atoms with Crippen LogP contribution in [0.25, 0.3) is 0 Å². The van der Waals surface area contributed by atoms with Gasteiger partial charge in [-0.2, -0.15) is 0 Å². The molecule has 0 bridgehead atoms. The van der Waals surface area contributed by atoms with Crippen LogP contribution in [0.15, 0.2) is 28.7 Å². The third-order valence-corrected chi connectivity index (χ3v) is 1.53. The van der Waals surface area contributed by atoms with Crippen LogP contribution in [0.3, 0.4) is 0 Å². The number of methoxy groups -OCH3 is 1.